The quantitative estimate of drug-likeness (QED) is 0.0211. The van der Waals surface area contributed by atoms with Gasteiger partial charge in [0.2, 0.25) is 0 Å². The number of rotatable bonds is 52. The number of hydrogen-bond donors (Lipinski definition) is 1. The van der Waals surface area contributed by atoms with Crippen molar-refractivity contribution < 1.29 is 42.1 Å². The molecule has 0 rings (SSSR count). The highest BCUT2D eigenvalue weighted by atomic mass is 31.2. The molecule has 2 atom stereocenters. The fraction of sp³-hybridized carbons (Fsp3) is 0.797. The number of allylic oxidation sites excluding steroid dienone is 10. The van der Waals surface area contributed by atoms with Crippen LogP contribution in [0.2, 0.25) is 0 Å². The summed E-state index contributed by atoms with van der Waals surface area (Å²) in [4.78, 5) is 35.6. The number of carbonyl (C=O) groups is 2. The van der Waals surface area contributed by atoms with E-state index in [0.29, 0.717) is 17.4 Å². The van der Waals surface area contributed by atoms with Crippen molar-refractivity contribution >= 4 is 19.8 Å². The topological polar surface area (TPSA) is 108 Å². The third kappa shape index (κ3) is 54.9. The average molecular weight is 991 g/mol. The normalized spacial score (nSPS) is 13.8. The Labute approximate surface area is 426 Å². The number of hydrogen-bond acceptors (Lipinski definition) is 7. The second-order valence-corrected chi connectivity index (χ2v) is 21.8. The van der Waals surface area contributed by atoms with E-state index < -0.39 is 26.5 Å². The van der Waals surface area contributed by atoms with E-state index >= 15 is 0 Å². The van der Waals surface area contributed by atoms with Crippen molar-refractivity contribution in [1.82, 2.24) is 0 Å². The van der Waals surface area contributed by atoms with E-state index in [4.69, 9.17) is 18.5 Å². The molecule has 402 valence electrons. The summed E-state index contributed by atoms with van der Waals surface area (Å²) in [5, 5.41) is 0. The molecule has 0 aromatic carbocycles. The molecule has 0 spiro atoms. The van der Waals surface area contributed by atoms with Crippen LogP contribution in [-0.4, -0.2) is 74.9 Å². The molecule has 0 saturated heterocycles. The van der Waals surface area contributed by atoms with Gasteiger partial charge in [-0.05, 0) is 57.8 Å². The van der Waals surface area contributed by atoms with Gasteiger partial charge in [0.05, 0.1) is 27.7 Å². The molecule has 69 heavy (non-hydrogen) atoms. The smallest absolute Gasteiger partial charge is 0.462 e. The van der Waals surface area contributed by atoms with Crippen molar-refractivity contribution in [2.75, 3.05) is 47.5 Å². The van der Waals surface area contributed by atoms with Crippen LogP contribution in [0.5, 0.6) is 0 Å². The number of phosphoric acid groups is 1. The van der Waals surface area contributed by atoms with Crippen LogP contribution < -0.4 is 0 Å². The monoisotopic (exact) mass is 991 g/mol. The van der Waals surface area contributed by atoms with Crippen molar-refractivity contribution in [2.24, 2.45) is 0 Å². The van der Waals surface area contributed by atoms with Gasteiger partial charge in [0.1, 0.15) is 19.8 Å². The molecule has 0 aliphatic heterocycles. The van der Waals surface area contributed by atoms with Crippen LogP contribution in [-0.2, 0) is 32.7 Å². The average Bonchev–Trinajstić information content (AvgIpc) is 3.31. The predicted octanol–water partition coefficient (Wildman–Crippen LogP) is 17.5. The number of carbonyl (C=O) groups excluding carboxylic acids is 2. The lowest BCUT2D eigenvalue weighted by Gasteiger charge is -2.24. The minimum absolute atomic E-state index is 0.0238. The summed E-state index contributed by atoms with van der Waals surface area (Å²) in [6.45, 7) is 4.31. The summed E-state index contributed by atoms with van der Waals surface area (Å²) >= 11 is 0. The van der Waals surface area contributed by atoms with Crippen LogP contribution in [0.25, 0.3) is 0 Å². The van der Waals surface area contributed by atoms with Crippen LogP contribution in [0.1, 0.15) is 251 Å². The standard InChI is InChI=1S/C59H108NO8P/c1-6-8-10-12-14-16-18-20-22-24-26-27-28-29-30-31-32-34-35-37-39-41-43-45-47-49-51-58(61)65-55-57(56-67-69(63,64)66-54-53-60(3,4)5)68-59(62)52-50-48-46-44-42-40-38-36-33-25-23-21-19-17-15-13-11-9-7-2/h9,11,15,17,21,23,33,36,40,42,57H,6-8,10,12-14,16,18-20,22,24-32,34-35,37-39,41,43-56H2,1-5H3/p+1/b11-9-,17-15-,23-21-,36-33-,42-40-. The van der Waals surface area contributed by atoms with Crippen LogP contribution in [0, 0.1) is 0 Å². The Balaban J connectivity index is 4.17. The van der Waals surface area contributed by atoms with Gasteiger partial charge in [-0.2, -0.15) is 0 Å². The molecular weight excluding hydrogens is 882 g/mol. The van der Waals surface area contributed by atoms with E-state index in [1.54, 1.807) is 0 Å². The molecular formula is C59H109NO8P+. The molecule has 0 aromatic heterocycles. The van der Waals surface area contributed by atoms with Crippen molar-refractivity contribution in [1.29, 1.82) is 0 Å². The van der Waals surface area contributed by atoms with Gasteiger partial charge < -0.3 is 18.9 Å². The van der Waals surface area contributed by atoms with Crippen molar-refractivity contribution in [3.05, 3.63) is 60.8 Å². The number of phosphoric ester groups is 1. The van der Waals surface area contributed by atoms with Gasteiger partial charge in [-0.25, -0.2) is 4.57 Å². The second kappa shape index (κ2) is 50.6. The third-order valence-electron chi connectivity index (χ3n) is 12.3. The number of quaternary nitrogens is 1. The first-order valence-corrected chi connectivity index (χ1v) is 30.0. The summed E-state index contributed by atoms with van der Waals surface area (Å²) in [5.74, 6) is -0.828. The van der Waals surface area contributed by atoms with Crippen molar-refractivity contribution in [3.63, 3.8) is 0 Å². The van der Waals surface area contributed by atoms with Crippen molar-refractivity contribution in [3.8, 4) is 0 Å². The lowest BCUT2D eigenvalue weighted by Crippen LogP contribution is -2.37. The summed E-state index contributed by atoms with van der Waals surface area (Å²) in [5.41, 5.74) is 0. The van der Waals surface area contributed by atoms with Gasteiger partial charge in [-0.1, -0.05) is 242 Å². The zero-order chi connectivity index (χ0) is 50.6. The molecule has 0 saturated carbocycles. The second-order valence-electron chi connectivity index (χ2n) is 20.3. The SMILES string of the molecule is CC/C=C\C/C=C\C/C=C\C/C=C\C/C=C\CCCCCC(=O)OC(COC(=O)CCCCCCCCCCCCCCCCCCCCCCCCCCCC)COP(=O)(O)OCC[N+](C)(C)C. The Hall–Kier alpha value is -2.29. The van der Waals surface area contributed by atoms with E-state index in [9.17, 15) is 19.0 Å². The first-order chi connectivity index (χ1) is 33.5. The maximum atomic E-state index is 12.8. The van der Waals surface area contributed by atoms with Crippen LogP contribution >= 0.6 is 7.82 Å². The number of unbranched alkanes of at least 4 members (excludes halogenated alkanes) is 28. The maximum Gasteiger partial charge on any atom is 0.472 e. The Morgan fingerprint density at radius 1 is 0.464 bits per heavy atom. The van der Waals surface area contributed by atoms with Crippen LogP contribution in [0.3, 0.4) is 0 Å². The van der Waals surface area contributed by atoms with Gasteiger partial charge in [-0.3, -0.25) is 18.6 Å². The highest BCUT2D eigenvalue weighted by molar-refractivity contribution is 7.47. The van der Waals surface area contributed by atoms with E-state index in [-0.39, 0.29) is 32.0 Å². The number of likely N-dealkylation sites (N-methyl/N-ethyl adjacent to an activating group) is 1. The molecule has 0 aromatic rings. The number of nitrogens with zero attached hydrogens (tertiary/aromatic N) is 1. The Morgan fingerprint density at radius 2 is 0.826 bits per heavy atom. The van der Waals surface area contributed by atoms with Gasteiger partial charge >= 0.3 is 19.8 Å². The predicted molar refractivity (Wildman–Crippen MR) is 293 cm³/mol. The minimum atomic E-state index is -4.39. The molecule has 9 nitrogen and oxygen atoms in total. The molecule has 0 bridgehead atoms. The first-order valence-electron chi connectivity index (χ1n) is 28.5. The molecule has 10 heteroatoms. The Kier molecular flexibility index (Phi) is 49.0. The molecule has 0 aliphatic rings. The zero-order valence-electron chi connectivity index (χ0n) is 45.5. The van der Waals surface area contributed by atoms with Gasteiger partial charge in [-0.15, -0.1) is 0 Å². The van der Waals surface area contributed by atoms with Crippen LogP contribution in [0.15, 0.2) is 60.8 Å². The highest BCUT2D eigenvalue weighted by Crippen LogP contribution is 2.43. The molecule has 0 heterocycles. The summed E-state index contributed by atoms with van der Waals surface area (Å²) in [6.07, 6.45) is 64.4. The van der Waals surface area contributed by atoms with Gasteiger partial charge in [0.15, 0.2) is 6.10 Å². The lowest BCUT2D eigenvalue weighted by atomic mass is 10.0. The molecule has 0 radical (unpaired) electrons. The number of ether oxygens (including phenoxy) is 2. The van der Waals surface area contributed by atoms with Gasteiger partial charge in [0, 0.05) is 12.8 Å². The fourth-order valence-electron chi connectivity index (χ4n) is 7.93. The van der Waals surface area contributed by atoms with E-state index in [1.165, 1.54) is 148 Å². The van der Waals surface area contributed by atoms with Crippen molar-refractivity contribution in [2.45, 2.75) is 258 Å². The minimum Gasteiger partial charge on any atom is -0.462 e. The summed E-state index contributed by atoms with van der Waals surface area (Å²) in [6, 6.07) is 0. The zero-order valence-corrected chi connectivity index (χ0v) is 46.4. The molecule has 0 aliphatic carbocycles. The van der Waals surface area contributed by atoms with Crippen LogP contribution in [0.4, 0.5) is 0 Å². The van der Waals surface area contributed by atoms with E-state index in [2.05, 4.69) is 74.6 Å². The van der Waals surface area contributed by atoms with Gasteiger partial charge in [0.25, 0.3) is 0 Å². The maximum absolute atomic E-state index is 12.8. The summed E-state index contributed by atoms with van der Waals surface area (Å²) < 4.78 is 34.5. The summed E-state index contributed by atoms with van der Waals surface area (Å²) in [7, 11) is 1.46. The number of esters is 2. The van der Waals surface area contributed by atoms with E-state index in [0.717, 1.165) is 70.6 Å². The molecule has 1 N–H and O–H groups in total. The molecule has 2 unspecified atom stereocenters. The molecule has 0 fully saturated rings. The largest absolute Gasteiger partial charge is 0.472 e. The third-order valence-corrected chi connectivity index (χ3v) is 13.3. The Bertz CT molecular complexity index is 1350. The highest BCUT2D eigenvalue weighted by Gasteiger charge is 2.27. The van der Waals surface area contributed by atoms with E-state index in [1.807, 2.05) is 21.1 Å². The first kappa shape index (κ1) is 66.7. The lowest BCUT2D eigenvalue weighted by molar-refractivity contribution is -0.870. The Morgan fingerprint density at radius 3 is 1.23 bits per heavy atom. The molecule has 0 amide bonds. The fourth-order valence-corrected chi connectivity index (χ4v) is 8.67.